The van der Waals surface area contributed by atoms with Crippen LogP contribution in [0.1, 0.15) is 0 Å². The van der Waals surface area contributed by atoms with Crippen LogP contribution in [-0.4, -0.2) is 28.5 Å². The molecule has 0 heterocycles. The van der Waals surface area contributed by atoms with E-state index >= 15 is 0 Å². The highest BCUT2D eigenvalue weighted by atomic mass is 16.3. The van der Waals surface area contributed by atoms with Crippen molar-refractivity contribution >= 4 is 5.87 Å². The van der Waals surface area contributed by atoms with Gasteiger partial charge in [-0.2, -0.15) is 0 Å². The first-order chi connectivity index (χ1) is 3.68. The maximum Gasteiger partial charge on any atom is 0.193 e. The predicted molar refractivity (Wildman–Crippen MR) is 29.3 cm³/mol. The van der Waals surface area contributed by atoms with Crippen molar-refractivity contribution in [3.8, 4) is 0 Å². The Morgan fingerprint density at radius 3 is 2.25 bits per heavy atom. The van der Waals surface area contributed by atoms with Gasteiger partial charge in [0.1, 0.15) is 6.23 Å². The molecule has 0 aromatic rings. The first-order valence-corrected chi connectivity index (χ1v) is 2.02. The molecule has 0 amide bonds. The Hall–Kier alpha value is -0.670. The summed E-state index contributed by atoms with van der Waals surface area (Å²) in [6, 6.07) is 0. The molecule has 4 nitrogen and oxygen atoms in total. The zero-order chi connectivity index (χ0) is 6.57. The van der Waals surface area contributed by atoms with Crippen molar-refractivity contribution in [3.63, 3.8) is 0 Å². The molecule has 0 aliphatic rings. The number of nitrogens with zero attached hydrogens (tertiary/aromatic N) is 1. The molecule has 0 saturated heterocycles. The number of aliphatic hydroxyl groups excluding tert-OH is 2. The molecule has 46 valence electrons. The molecule has 0 rings (SSSR count). The number of hydrogen-bond donors (Lipinski definition) is 3. The Morgan fingerprint density at radius 2 is 2.12 bits per heavy atom. The predicted octanol–water partition coefficient (Wildman–Crippen LogP) is -1.56. The minimum absolute atomic E-state index is 1.30. The summed E-state index contributed by atoms with van der Waals surface area (Å²) in [6.07, 6.45) is -2.64. The highest BCUT2D eigenvalue weighted by Gasteiger charge is 2.05. The van der Waals surface area contributed by atoms with E-state index in [2.05, 4.69) is 11.6 Å². The van der Waals surface area contributed by atoms with E-state index in [1.807, 2.05) is 5.87 Å². The van der Waals surface area contributed by atoms with Crippen LogP contribution in [0.15, 0.2) is 11.6 Å². The molecular weight excluding hydrogens is 108 g/mol. The highest BCUT2D eigenvalue weighted by molar-refractivity contribution is 5.46. The highest BCUT2D eigenvalue weighted by Crippen LogP contribution is 1.83. The van der Waals surface area contributed by atoms with Crippen LogP contribution in [0.3, 0.4) is 0 Å². The Labute approximate surface area is 47.0 Å². The molecule has 0 bridgehead atoms. The summed E-state index contributed by atoms with van der Waals surface area (Å²) in [5.74, 6) is 2.03. The van der Waals surface area contributed by atoms with Crippen molar-refractivity contribution in [2.24, 2.45) is 10.7 Å². The van der Waals surface area contributed by atoms with E-state index in [-0.39, 0.29) is 0 Å². The van der Waals surface area contributed by atoms with Crippen LogP contribution in [-0.2, 0) is 0 Å². The molecule has 2 unspecified atom stereocenters. The summed E-state index contributed by atoms with van der Waals surface area (Å²) in [7, 11) is 0. The molecule has 4 N–H and O–H groups in total. The molecule has 0 aromatic carbocycles. The van der Waals surface area contributed by atoms with Crippen LogP contribution in [0.25, 0.3) is 0 Å². The molecule has 0 spiro atoms. The lowest BCUT2D eigenvalue weighted by Crippen LogP contribution is -2.32. The van der Waals surface area contributed by atoms with Gasteiger partial charge in [-0.25, -0.2) is 4.99 Å². The van der Waals surface area contributed by atoms with Gasteiger partial charge in [-0.05, 0) is 12.4 Å². The minimum atomic E-state index is -1.34. The van der Waals surface area contributed by atoms with Gasteiger partial charge in [-0.3, -0.25) is 0 Å². The number of nitrogens with two attached hydrogens (primary N) is 1. The van der Waals surface area contributed by atoms with E-state index in [4.69, 9.17) is 15.9 Å². The first kappa shape index (κ1) is 7.33. The second-order valence-electron chi connectivity index (χ2n) is 1.19. The van der Waals surface area contributed by atoms with Gasteiger partial charge in [-0.1, -0.05) is 0 Å². The van der Waals surface area contributed by atoms with Crippen LogP contribution in [0, 0.1) is 0 Å². The first-order valence-electron chi connectivity index (χ1n) is 2.02. The number of rotatable bonds is 2. The summed E-state index contributed by atoms with van der Waals surface area (Å²) >= 11 is 0. The lowest BCUT2D eigenvalue weighted by molar-refractivity contribution is 0.0303. The number of aliphatic imine (C=N–C) groups is 1. The van der Waals surface area contributed by atoms with E-state index in [0.717, 1.165) is 0 Å². The van der Waals surface area contributed by atoms with Crippen LogP contribution in [0.2, 0.25) is 0 Å². The summed E-state index contributed by atoms with van der Waals surface area (Å²) < 4.78 is 0. The van der Waals surface area contributed by atoms with Gasteiger partial charge in [0, 0.05) is 0 Å². The molecule has 0 aromatic heterocycles. The van der Waals surface area contributed by atoms with Crippen molar-refractivity contribution < 1.29 is 10.2 Å². The van der Waals surface area contributed by atoms with Gasteiger partial charge in [0.15, 0.2) is 6.23 Å². The van der Waals surface area contributed by atoms with Crippen LogP contribution in [0.4, 0.5) is 0 Å². The molecular formula is C4H8N2O2. The van der Waals surface area contributed by atoms with E-state index < -0.39 is 12.5 Å². The monoisotopic (exact) mass is 116 g/mol. The fraction of sp³-hybridized carbons (Fsp3) is 0.500. The Kier molecular flexibility index (Phi) is 3.07. The molecule has 0 aliphatic heterocycles. The minimum Gasteiger partial charge on any atom is -0.374 e. The van der Waals surface area contributed by atoms with E-state index in [1.165, 1.54) is 0 Å². The summed E-state index contributed by atoms with van der Waals surface area (Å²) in [6.45, 7) is 3.06. The molecule has 0 saturated carbocycles. The molecule has 0 aliphatic carbocycles. The Morgan fingerprint density at radius 1 is 1.62 bits per heavy atom. The smallest absolute Gasteiger partial charge is 0.193 e. The Bertz CT molecular complexity index is 107. The maximum absolute atomic E-state index is 8.48. The molecule has 8 heavy (non-hydrogen) atoms. The quantitative estimate of drug-likeness (QED) is 0.301. The van der Waals surface area contributed by atoms with E-state index in [1.54, 1.807) is 0 Å². The average Bonchev–Trinajstić information content (AvgIpc) is 1.67. The van der Waals surface area contributed by atoms with Crippen molar-refractivity contribution in [1.82, 2.24) is 0 Å². The third kappa shape index (κ3) is 2.49. The summed E-state index contributed by atoms with van der Waals surface area (Å²) in [5, 5.41) is 16.8. The van der Waals surface area contributed by atoms with Gasteiger partial charge >= 0.3 is 0 Å². The fourth-order valence-corrected chi connectivity index (χ4v) is 0.170. The van der Waals surface area contributed by atoms with Crippen LogP contribution in [0.5, 0.6) is 0 Å². The van der Waals surface area contributed by atoms with Crippen molar-refractivity contribution in [1.29, 1.82) is 0 Å². The third-order valence-corrected chi connectivity index (χ3v) is 0.529. The summed E-state index contributed by atoms with van der Waals surface area (Å²) in [5.41, 5.74) is 4.77. The second kappa shape index (κ2) is 3.35. The maximum atomic E-state index is 8.48. The number of hydrogen-bond acceptors (Lipinski definition) is 4. The average molecular weight is 116 g/mol. The van der Waals surface area contributed by atoms with Crippen molar-refractivity contribution in [3.05, 3.63) is 6.58 Å². The molecule has 4 heteroatoms. The van der Waals surface area contributed by atoms with Crippen molar-refractivity contribution in [2.45, 2.75) is 12.5 Å². The third-order valence-electron chi connectivity index (χ3n) is 0.529. The van der Waals surface area contributed by atoms with Gasteiger partial charge < -0.3 is 15.9 Å². The zero-order valence-electron chi connectivity index (χ0n) is 4.28. The molecule has 0 radical (unpaired) electrons. The number of aliphatic hydroxyl groups is 2. The SMILES string of the molecule is C=C=NC(O)C(N)O. The topological polar surface area (TPSA) is 78.8 Å². The van der Waals surface area contributed by atoms with E-state index in [0.29, 0.717) is 0 Å². The van der Waals surface area contributed by atoms with Gasteiger partial charge in [0.05, 0.1) is 0 Å². The van der Waals surface area contributed by atoms with Gasteiger partial charge in [0.2, 0.25) is 0 Å². The van der Waals surface area contributed by atoms with Gasteiger partial charge in [0.25, 0.3) is 0 Å². The Balaban J connectivity index is 3.63. The van der Waals surface area contributed by atoms with Crippen LogP contribution < -0.4 is 5.73 Å². The summed E-state index contributed by atoms with van der Waals surface area (Å²) in [4.78, 5) is 3.14. The van der Waals surface area contributed by atoms with E-state index in [9.17, 15) is 0 Å². The normalized spacial score (nSPS) is 16.4. The lowest BCUT2D eigenvalue weighted by Gasteiger charge is -2.04. The zero-order valence-corrected chi connectivity index (χ0v) is 4.28. The molecule has 0 fully saturated rings. The van der Waals surface area contributed by atoms with Gasteiger partial charge in [-0.15, -0.1) is 0 Å². The fourth-order valence-electron chi connectivity index (χ4n) is 0.170. The second-order valence-corrected chi connectivity index (χ2v) is 1.19. The molecule has 2 atom stereocenters. The lowest BCUT2D eigenvalue weighted by atomic mass is 10.5. The van der Waals surface area contributed by atoms with Crippen molar-refractivity contribution in [2.75, 3.05) is 0 Å². The van der Waals surface area contributed by atoms with Crippen LogP contribution >= 0.6 is 0 Å². The standard InChI is InChI=1S/C4H8N2O2/c1-2-6-4(8)3(5)7/h3-4,7-8H,1,5H2. The largest absolute Gasteiger partial charge is 0.374 e.